The normalized spacial score (nSPS) is 14.3. The Balaban J connectivity index is 2.48. The second kappa shape index (κ2) is 7.31. The summed E-state index contributed by atoms with van der Waals surface area (Å²) in [6.45, 7) is 6.95. The number of ether oxygens (including phenoxy) is 1. The predicted molar refractivity (Wildman–Crippen MR) is 68.8 cm³/mol. The molecule has 0 fully saturated rings. The molecule has 1 rings (SSSR count). The zero-order valence-electron chi connectivity index (χ0n) is 11.2. The summed E-state index contributed by atoms with van der Waals surface area (Å²) in [5.41, 5.74) is 0. The van der Waals surface area contributed by atoms with Crippen LogP contribution in [-0.4, -0.2) is 18.7 Å². The highest BCUT2D eigenvalue weighted by atomic mass is 19.1. The van der Waals surface area contributed by atoms with Gasteiger partial charge in [-0.2, -0.15) is 0 Å². The average molecular weight is 257 g/mol. The minimum absolute atomic E-state index is 0.0230. The van der Waals surface area contributed by atoms with Crippen molar-refractivity contribution >= 4 is 0 Å². The Morgan fingerprint density at radius 2 is 2.00 bits per heavy atom. The molecular formula is C14H21F2NO. The van der Waals surface area contributed by atoms with Crippen LogP contribution in [0.3, 0.4) is 0 Å². The molecule has 4 heteroatoms. The van der Waals surface area contributed by atoms with E-state index in [1.54, 1.807) is 0 Å². The van der Waals surface area contributed by atoms with Crippen LogP contribution in [0.2, 0.25) is 0 Å². The monoisotopic (exact) mass is 257 g/mol. The number of nitrogens with one attached hydrogen (secondary N) is 1. The van der Waals surface area contributed by atoms with Gasteiger partial charge in [0, 0.05) is 12.1 Å². The van der Waals surface area contributed by atoms with Crippen LogP contribution in [0.5, 0.6) is 5.75 Å². The fourth-order valence-corrected chi connectivity index (χ4v) is 1.80. The van der Waals surface area contributed by atoms with Crippen molar-refractivity contribution in [3.63, 3.8) is 0 Å². The molecule has 2 atom stereocenters. The second-order valence-corrected chi connectivity index (χ2v) is 4.59. The largest absolute Gasteiger partial charge is 0.487 e. The Morgan fingerprint density at radius 3 is 2.67 bits per heavy atom. The molecule has 0 saturated carbocycles. The first-order valence-corrected chi connectivity index (χ1v) is 6.38. The van der Waals surface area contributed by atoms with E-state index in [1.807, 2.05) is 6.92 Å². The fraction of sp³-hybridized carbons (Fsp3) is 0.571. The van der Waals surface area contributed by atoms with E-state index in [0.717, 1.165) is 37.6 Å². The van der Waals surface area contributed by atoms with Crippen LogP contribution in [0.25, 0.3) is 0 Å². The van der Waals surface area contributed by atoms with Gasteiger partial charge in [0.15, 0.2) is 11.6 Å². The van der Waals surface area contributed by atoms with Gasteiger partial charge >= 0.3 is 0 Å². The Bertz CT molecular complexity index is 371. The maximum Gasteiger partial charge on any atom is 0.165 e. The third kappa shape index (κ3) is 5.00. The van der Waals surface area contributed by atoms with Gasteiger partial charge in [0.1, 0.15) is 5.82 Å². The first kappa shape index (κ1) is 14.9. The van der Waals surface area contributed by atoms with Crippen LogP contribution in [0.15, 0.2) is 18.2 Å². The van der Waals surface area contributed by atoms with E-state index in [-0.39, 0.29) is 17.9 Å². The van der Waals surface area contributed by atoms with Gasteiger partial charge in [-0.25, -0.2) is 8.78 Å². The lowest BCUT2D eigenvalue weighted by Gasteiger charge is -2.20. The maximum atomic E-state index is 13.4. The van der Waals surface area contributed by atoms with Crippen LogP contribution < -0.4 is 10.1 Å². The molecule has 0 aliphatic rings. The fourth-order valence-electron chi connectivity index (χ4n) is 1.80. The number of halogens is 2. The molecule has 102 valence electrons. The summed E-state index contributed by atoms with van der Waals surface area (Å²) in [7, 11) is 0. The maximum absolute atomic E-state index is 13.4. The van der Waals surface area contributed by atoms with E-state index in [0.29, 0.717) is 0 Å². The molecule has 0 aliphatic carbocycles. The Kier molecular flexibility index (Phi) is 6.05. The van der Waals surface area contributed by atoms with E-state index in [1.165, 1.54) is 0 Å². The van der Waals surface area contributed by atoms with Gasteiger partial charge in [-0.05, 0) is 45.4 Å². The number of hydrogen-bond acceptors (Lipinski definition) is 2. The number of rotatable bonds is 7. The van der Waals surface area contributed by atoms with Gasteiger partial charge in [-0.1, -0.05) is 6.92 Å². The SMILES string of the molecule is CCCNC(C)CC(C)Oc1cc(F)ccc1F. The Morgan fingerprint density at radius 1 is 1.28 bits per heavy atom. The first-order valence-electron chi connectivity index (χ1n) is 6.38. The van der Waals surface area contributed by atoms with E-state index < -0.39 is 11.6 Å². The molecule has 0 bridgehead atoms. The smallest absolute Gasteiger partial charge is 0.165 e. The molecule has 0 aliphatic heterocycles. The van der Waals surface area contributed by atoms with Gasteiger partial charge in [-0.3, -0.25) is 0 Å². The van der Waals surface area contributed by atoms with Crippen molar-refractivity contribution in [2.24, 2.45) is 0 Å². The van der Waals surface area contributed by atoms with Crippen LogP contribution >= 0.6 is 0 Å². The van der Waals surface area contributed by atoms with Crippen LogP contribution in [0.4, 0.5) is 8.78 Å². The molecule has 18 heavy (non-hydrogen) atoms. The van der Waals surface area contributed by atoms with Gasteiger partial charge < -0.3 is 10.1 Å². The molecule has 2 unspecified atom stereocenters. The lowest BCUT2D eigenvalue weighted by atomic mass is 10.1. The topological polar surface area (TPSA) is 21.3 Å². The lowest BCUT2D eigenvalue weighted by Crippen LogP contribution is -2.31. The zero-order chi connectivity index (χ0) is 13.5. The molecule has 2 nitrogen and oxygen atoms in total. The van der Waals surface area contributed by atoms with Crippen molar-refractivity contribution in [3.05, 3.63) is 29.8 Å². The number of hydrogen-bond donors (Lipinski definition) is 1. The first-order chi connectivity index (χ1) is 8.52. The summed E-state index contributed by atoms with van der Waals surface area (Å²) in [5, 5.41) is 3.33. The molecule has 1 aromatic rings. The van der Waals surface area contributed by atoms with Crippen LogP contribution in [0.1, 0.15) is 33.6 Å². The summed E-state index contributed by atoms with van der Waals surface area (Å²) < 4.78 is 31.8. The minimum Gasteiger partial charge on any atom is -0.487 e. The highest BCUT2D eigenvalue weighted by Gasteiger charge is 2.12. The predicted octanol–water partition coefficient (Wildman–Crippen LogP) is 3.51. The molecule has 0 saturated heterocycles. The highest BCUT2D eigenvalue weighted by Crippen LogP contribution is 2.20. The molecule has 0 spiro atoms. The summed E-state index contributed by atoms with van der Waals surface area (Å²) in [6, 6.07) is 3.53. The summed E-state index contributed by atoms with van der Waals surface area (Å²) in [4.78, 5) is 0. The van der Waals surface area contributed by atoms with Crippen LogP contribution in [-0.2, 0) is 0 Å². The van der Waals surface area contributed by atoms with Crippen LogP contribution in [0, 0.1) is 11.6 Å². The van der Waals surface area contributed by atoms with Crippen molar-refractivity contribution < 1.29 is 13.5 Å². The molecule has 1 aromatic carbocycles. The summed E-state index contributed by atoms with van der Waals surface area (Å²) >= 11 is 0. The molecular weight excluding hydrogens is 236 g/mol. The third-order valence-electron chi connectivity index (χ3n) is 2.65. The van der Waals surface area contributed by atoms with Crippen molar-refractivity contribution in [1.82, 2.24) is 5.32 Å². The standard InChI is InChI=1S/C14H21F2NO/c1-4-7-17-10(2)8-11(3)18-14-9-12(15)5-6-13(14)16/h5-6,9-11,17H,4,7-8H2,1-3H3. The molecule has 0 heterocycles. The van der Waals surface area contributed by atoms with Gasteiger partial charge in [-0.15, -0.1) is 0 Å². The van der Waals surface area contributed by atoms with Crippen molar-refractivity contribution in [1.29, 1.82) is 0 Å². The lowest BCUT2D eigenvalue weighted by molar-refractivity contribution is 0.187. The Hall–Kier alpha value is -1.16. The molecule has 1 N–H and O–H groups in total. The van der Waals surface area contributed by atoms with Gasteiger partial charge in [0.25, 0.3) is 0 Å². The number of benzene rings is 1. The van der Waals surface area contributed by atoms with Crippen molar-refractivity contribution in [2.45, 2.75) is 45.8 Å². The summed E-state index contributed by atoms with van der Waals surface area (Å²) in [5.74, 6) is -1.04. The van der Waals surface area contributed by atoms with E-state index >= 15 is 0 Å². The Labute approximate surface area is 107 Å². The zero-order valence-corrected chi connectivity index (χ0v) is 11.2. The van der Waals surface area contributed by atoms with E-state index in [9.17, 15) is 8.78 Å². The average Bonchev–Trinajstić information content (AvgIpc) is 2.31. The summed E-state index contributed by atoms with van der Waals surface area (Å²) in [6.07, 6.45) is 1.65. The van der Waals surface area contributed by atoms with Gasteiger partial charge in [0.05, 0.1) is 6.10 Å². The highest BCUT2D eigenvalue weighted by molar-refractivity contribution is 5.25. The second-order valence-electron chi connectivity index (χ2n) is 4.59. The quantitative estimate of drug-likeness (QED) is 0.807. The minimum atomic E-state index is -0.530. The van der Waals surface area contributed by atoms with E-state index in [4.69, 9.17) is 4.74 Å². The molecule has 0 aromatic heterocycles. The molecule has 0 radical (unpaired) electrons. The van der Waals surface area contributed by atoms with Crippen molar-refractivity contribution in [2.75, 3.05) is 6.54 Å². The third-order valence-corrected chi connectivity index (χ3v) is 2.65. The van der Waals surface area contributed by atoms with Gasteiger partial charge in [0.2, 0.25) is 0 Å². The van der Waals surface area contributed by atoms with Crippen molar-refractivity contribution in [3.8, 4) is 5.75 Å². The molecule has 0 amide bonds. The van der Waals surface area contributed by atoms with E-state index in [2.05, 4.69) is 19.2 Å².